The van der Waals surface area contributed by atoms with Crippen molar-refractivity contribution in [1.29, 1.82) is 0 Å². The average Bonchev–Trinajstić information content (AvgIpc) is 3.18. The summed E-state index contributed by atoms with van der Waals surface area (Å²) in [6.45, 7) is 0. The minimum atomic E-state index is 0. The predicted molar refractivity (Wildman–Crippen MR) is 103 cm³/mol. The van der Waals surface area contributed by atoms with Gasteiger partial charge in [0.25, 0.3) is 0 Å². The molecule has 4 rings (SSSR count). The van der Waals surface area contributed by atoms with Crippen LogP contribution < -0.4 is 0 Å². The summed E-state index contributed by atoms with van der Waals surface area (Å²) in [4.78, 5) is 0. The van der Waals surface area contributed by atoms with Crippen LogP contribution in [0.4, 0.5) is 9.41 Å². The number of benzene rings is 2. The zero-order valence-electron chi connectivity index (χ0n) is 13.9. The molecular weight excluding hydrogens is 354 g/mol. The second-order valence-electron chi connectivity index (χ2n) is 4.31. The summed E-state index contributed by atoms with van der Waals surface area (Å²) in [7, 11) is 2.97. The SMILES string of the molecule is F.F.[CH3-].[CH3-].[Si]=[Ti].c1ccc2[cH-]ccc2c1.c1ccc2[cH-]ccc2c1. The first-order valence-corrected chi connectivity index (χ1v) is 9.24. The van der Waals surface area contributed by atoms with E-state index < -0.39 is 0 Å². The van der Waals surface area contributed by atoms with Crippen LogP contribution in [0.5, 0.6) is 0 Å². The second kappa shape index (κ2) is 15.0. The van der Waals surface area contributed by atoms with Crippen molar-refractivity contribution in [2.75, 3.05) is 0 Å². The Morgan fingerprint density at radius 2 is 0.917 bits per heavy atom. The van der Waals surface area contributed by atoms with Crippen LogP contribution in [0.3, 0.4) is 0 Å². The summed E-state index contributed by atoms with van der Waals surface area (Å²) < 4.78 is 0. The van der Waals surface area contributed by atoms with Crippen LogP contribution in [0, 0.1) is 14.9 Å². The maximum atomic E-state index is 2.97. The third-order valence-electron chi connectivity index (χ3n) is 3.10. The van der Waals surface area contributed by atoms with E-state index in [0.717, 1.165) is 0 Å². The van der Waals surface area contributed by atoms with Crippen molar-refractivity contribution in [2.24, 2.45) is 0 Å². The molecule has 0 heterocycles. The van der Waals surface area contributed by atoms with E-state index in [0.29, 0.717) is 0 Å². The van der Waals surface area contributed by atoms with E-state index in [-0.39, 0.29) is 24.3 Å². The molecule has 0 saturated heterocycles. The van der Waals surface area contributed by atoms with Gasteiger partial charge in [-0.15, -0.1) is 59.3 Å². The van der Waals surface area contributed by atoms with Crippen LogP contribution in [-0.4, -0.2) is 7.63 Å². The van der Waals surface area contributed by atoms with E-state index in [1.54, 1.807) is 19.2 Å². The topological polar surface area (TPSA) is 0 Å². The summed E-state index contributed by atoms with van der Waals surface area (Å²) >= 11 is 1.81. The van der Waals surface area contributed by atoms with Crippen molar-refractivity contribution in [3.63, 3.8) is 0 Å². The zero-order valence-corrected chi connectivity index (χ0v) is 16.5. The first-order valence-electron chi connectivity index (χ1n) is 6.39. The number of rotatable bonds is 0. The molecule has 4 heteroatoms. The third-order valence-corrected chi connectivity index (χ3v) is 3.10. The number of hydrogen-bond donors (Lipinski definition) is 0. The first-order chi connectivity index (χ1) is 9.93. The molecule has 4 aromatic carbocycles. The van der Waals surface area contributed by atoms with Crippen LogP contribution in [0.15, 0.2) is 84.9 Å². The fourth-order valence-electron chi connectivity index (χ4n) is 2.14. The number of hydrogen-bond acceptors (Lipinski definition) is 0. The van der Waals surface area contributed by atoms with Crippen molar-refractivity contribution in [3.05, 3.63) is 99.8 Å². The fraction of sp³-hybridized carbons (Fsp3) is 0. The molecular formula is C20H22F2SiTi-4. The van der Waals surface area contributed by atoms with Gasteiger partial charge in [0.05, 0.1) is 0 Å². The van der Waals surface area contributed by atoms with Gasteiger partial charge in [0.1, 0.15) is 0 Å². The summed E-state index contributed by atoms with van der Waals surface area (Å²) in [6.07, 6.45) is 0. The van der Waals surface area contributed by atoms with E-state index in [1.807, 2.05) is 0 Å². The molecule has 0 bridgehead atoms. The van der Waals surface area contributed by atoms with E-state index in [9.17, 15) is 0 Å². The van der Waals surface area contributed by atoms with E-state index in [4.69, 9.17) is 0 Å². The monoisotopic (exact) mass is 376 g/mol. The molecule has 4 aromatic rings. The maximum absolute atomic E-state index is 2.97. The van der Waals surface area contributed by atoms with Crippen molar-refractivity contribution in [3.8, 4) is 0 Å². The van der Waals surface area contributed by atoms with Crippen LogP contribution in [0.2, 0.25) is 0 Å². The van der Waals surface area contributed by atoms with Gasteiger partial charge < -0.3 is 14.9 Å². The molecule has 128 valence electrons. The second-order valence-corrected chi connectivity index (χ2v) is 4.31. The Morgan fingerprint density at radius 3 is 1.25 bits per heavy atom. The van der Waals surface area contributed by atoms with Gasteiger partial charge in [-0.25, -0.2) is 0 Å². The maximum Gasteiger partial charge on any atom is -0.0809 e. The Hall–Kier alpha value is -1.55. The Morgan fingerprint density at radius 1 is 0.583 bits per heavy atom. The molecule has 0 fully saturated rings. The molecule has 24 heavy (non-hydrogen) atoms. The van der Waals surface area contributed by atoms with Crippen LogP contribution in [0.1, 0.15) is 0 Å². The van der Waals surface area contributed by atoms with Crippen LogP contribution in [0.25, 0.3) is 21.5 Å². The smallest absolute Gasteiger partial charge is 0.0809 e. The van der Waals surface area contributed by atoms with Gasteiger partial charge in [0, 0.05) is 0 Å². The van der Waals surface area contributed by atoms with Gasteiger partial charge in [0.15, 0.2) is 0 Å². The summed E-state index contributed by atoms with van der Waals surface area (Å²) in [5.74, 6) is 0. The van der Waals surface area contributed by atoms with E-state index >= 15 is 0 Å². The summed E-state index contributed by atoms with van der Waals surface area (Å²) in [5.41, 5.74) is 0. The Bertz CT molecular complexity index is 651. The van der Waals surface area contributed by atoms with Crippen molar-refractivity contribution in [2.45, 2.75) is 0 Å². The standard InChI is InChI=1S/2C9H7.2CH3.2FH.Si.Ti/c2*1-2-5-9-7-3-6-8(9)4-1;;;;;;/h2*1-7H;2*1H3;2*1H;;/q4*-1;;;;. The molecule has 0 aliphatic rings. The quantitative estimate of drug-likeness (QED) is 0.263. The van der Waals surface area contributed by atoms with Gasteiger partial charge in [-0.1, -0.05) is 12.1 Å². The Labute approximate surface area is 157 Å². The molecule has 2 radical (unpaired) electrons. The van der Waals surface area contributed by atoms with E-state index in [2.05, 4.69) is 92.6 Å². The Kier molecular flexibility index (Phi) is 17.1. The average molecular weight is 376 g/mol. The minimum absolute atomic E-state index is 0. The van der Waals surface area contributed by atoms with Gasteiger partial charge in [-0.05, 0) is 0 Å². The third kappa shape index (κ3) is 7.35. The van der Waals surface area contributed by atoms with Gasteiger partial charge in [-0.3, -0.25) is 9.41 Å². The van der Waals surface area contributed by atoms with Crippen molar-refractivity contribution < 1.29 is 28.6 Å². The molecule has 0 spiro atoms. The molecule has 0 aliphatic heterocycles. The van der Waals surface area contributed by atoms with Crippen LogP contribution >= 0.6 is 0 Å². The molecule has 0 saturated carbocycles. The number of fused-ring (bicyclic) bond motifs is 2. The number of halogens is 2. The van der Waals surface area contributed by atoms with Crippen molar-refractivity contribution in [1.82, 2.24) is 0 Å². The summed E-state index contributed by atoms with van der Waals surface area (Å²) in [6, 6.07) is 29.3. The minimum Gasteiger partial charge on any atom is -0.168 e. The van der Waals surface area contributed by atoms with Gasteiger partial charge in [0.2, 0.25) is 0 Å². The van der Waals surface area contributed by atoms with Crippen molar-refractivity contribution >= 4 is 29.2 Å². The molecule has 0 atom stereocenters. The van der Waals surface area contributed by atoms with Gasteiger partial charge in [-0.2, -0.15) is 35.0 Å². The molecule has 0 nitrogen and oxygen atoms in total. The first kappa shape index (κ1) is 27.3. The molecule has 0 aromatic heterocycles. The van der Waals surface area contributed by atoms with Gasteiger partial charge >= 0.3 is 26.8 Å². The Balaban J connectivity index is -0.000000290. The molecule has 0 aliphatic carbocycles. The molecule has 0 amide bonds. The molecule has 0 unspecified atom stereocenters. The largest absolute Gasteiger partial charge is 0.168 e. The zero-order chi connectivity index (χ0) is 14.2. The van der Waals surface area contributed by atoms with Crippen LogP contribution in [-0.2, 0) is 19.2 Å². The molecule has 0 N–H and O–H groups in total. The predicted octanol–water partition coefficient (Wildman–Crippen LogP) is 5.94. The summed E-state index contributed by atoms with van der Waals surface area (Å²) in [5, 5.41) is 5.32. The normalized spacial score (nSPS) is 7.79. The van der Waals surface area contributed by atoms with E-state index in [1.165, 1.54) is 21.5 Å². The fourth-order valence-corrected chi connectivity index (χ4v) is 2.14.